The van der Waals surface area contributed by atoms with E-state index in [0.29, 0.717) is 17.4 Å². The van der Waals surface area contributed by atoms with Crippen molar-refractivity contribution >= 4 is 15.9 Å². The first-order valence-corrected chi connectivity index (χ1v) is 6.67. The number of hydrogen-bond acceptors (Lipinski definition) is 5. The van der Waals surface area contributed by atoms with Crippen molar-refractivity contribution in [3.8, 4) is 11.5 Å². The molecule has 5 nitrogen and oxygen atoms in total. The Morgan fingerprint density at radius 1 is 1.39 bits per heavy atom. The van der Waals surface area contributed by atoms with Gasteiger partial charge >= 0.3 is 0 Å². The van der Waals surface area contributed by atoms with E-state index in [1.165, 1.54) is 0 Å². The topological polar surface area (TPSA) is 72.0 Å². The summed E-state index contributed by atoms with van der Waals surface area (Å²) in [6, 6.07) is 3.71. The fraction of sp³-hybridized carbons (Fsp3) is 0.417. The van der Waals surface area contributed by atoms with Gasteiger partial charge in [0.05, 0.1) is 12.0 Å². The average molecular weight is 310 g/mol. The lowest BCUT2D eigenvalue weighted by Crippen LogP contribution is -2.11. The SMILES string of the molecule is OC1CCCC1c1nc(-c2ncccc2Br)no1. The Hall–Kier alpha value is -1.27. The summed E-state index contributed by atoms with van der Waals surface area (Å²) < 4.78 is 6.07. The Morgan fingerprint density at radius 3 is 3.00 bits per heavy atom. The van der Waals surface area contributed by atoms with Gasteiger partial charge in [0.15, 0.2) is 0 Å². The lowest BCUT2D eigenvalue weighted by atomic mass is 10.1. The molecular weight excluding hydrogens is 298 g/mol. The van der Waals surface area contributed by atoms with Gasteiger partial charge in [0.2, 0.25) is 11.7 Å². The monoisotopic (exact) mass is 309 g/mol. The maximum Gasteiger partial charge on any atom is 0.232 e. The van der Waals surface area contributed by atoms with Crippen LogP contribution >= 0.6 is 15.9 Å². The molecule has 94 valence electrons. The second kappa shape index (κ2) is 4.78. The lowest BCUT2D eigenvalue weighted by Gasteiger charge is -2.07. The maximum absolute atomic E-state index is 9.82. The van der Waals surface area contributed by atoms with E-state index in [0.717, 1.165) is 23.7 Å². The van der Waals surface area contributed by atoms with Crippen LogP contribution < -0.4 is 0 Å². The van der Waals surface area contributed by atoms with Gasteiger partial charge in [0.25, 0.3) is 0 Å². The lowest BCUT2D eigenvalue weighted by molar-refractivity contribution is 0.148. The molecule has 2 heterocycles. The smallest absolute Gasteiger partial charge is 0.232 e. The molecule has 18 heavy (non-hydrogen) atoms. The molecule has 0 bridgehead atoms. The van der Waals surface area contributed by atoms with Gasteiger partial charge in [-0.15, -0.1) is 0 Å². The van der Waals surface area contributed by atoms with Gasteiger partial charge in [-0.25, -0.2) is 0 Å². The number of hydrogen-bond donors (Lipinski definition) is 1. The van der Waals surface area contributed by atoms with Gasteiger partial charge < -0.3 is 9.63 Å². The van der Waals surface area contributed by atoms with E-state index in [-0.39, 0.29) is 12.0 Å². The van der Waals surface area contributed by atoms with Gasteiger partial charge in [-0.3, -0.25) is 4.98 Å². The summed E-state index contributed by atoms with van der Waals surface area (Å²) in [6.45, 7) is 0. The van der Waals surface area contributed by atoms with Crippen LogP contribution in [0.3, 0.4) is 0 Å². The Bertz CT molecular complexity index is 558. The number of pyridine rings is 1. The number of aliphatic hydroxyl groups excluding tert-OH is 1. The Balaban J connectivity index is 1.92. The van der Waals surface area contributed by atoms with Crippen LogP contribution in [0, 0.1) is 0 Å². The van der Waals surface area contributed by atoms with Gasteiger partial charge in [-0.1, -0.05) is 5.16 Å². The molecule has 0 amide bonds. The van der Waals surface area contributed by atoms with Crippen LogP contribution in [0.1, 0.15) is 31.1 Å². The van der Waals surface area contributed by atoms with Crippen LogP contribution in [-0.4, -0.2) is 26.3 Å². The van der Waals surface area contributed by atoms with E-state index in [1.807, 2.05) is 12.1 Å². The maximum atomic E-state index is 9.82. The number of aromatic nitrogens is 3. The second-order valence-electron chi connectivity index (χ2n) is 4.39. The quantitative estimate of drug-likeness (QED) is 0.923. The third-order valence-corrected chi connectivity index (χ3v) is 3.85. The van der Waals surface area contributed by atoms with E-state index < -0.39 is 0 Å². The minimum atomic E-state index is -0.370. The minimum Gasteiger partial charge on any atom is -0.392 e. The summed E-state index contributed by atoms with van der Waals surface area (Å²) in [5.41, 5.74) is 0.653. The fourth-order valence-electron chi connectivity index (χ4n) is 2.26. The molecule has 0 saturated heterocycles. The van der Waals surface area contributed by atoms with Crippen LogP contribution in [0.2, 0.25) is 0 Å². The van der Waals surface area contributed by atoms with Crippen molar-refractivity contribution in [1.29, 1.82) is 0 Å². The molecule has 6 heteroatoms. The molecule has 0 spiro atoms. The van der Waals surface area contributed by atoms with Crippen molar-refractivity contribution in [2.45, 2.75) is 31.3 Å². The molecule has 0 radical (unpaired) electrons. The molecule has 0 aliphatic heterocycles. The number of rotatable bonds is 2. The first-order valence-electron chi connectivity index (χ1n) is 5.88. The van der Waals surface area contributed by atoms with E-state index >= 15 is 0 Å². The van der Waals surface area contributed by atoms with Crippen molar-refractivity contribution < 1.29 is 9.63 Å². The normalized spacial score (nSPS) is 23.4. The summed E-state index contributed by atoms with van der Waals surface area (Å²) in [5.74, 6) is 0.929. The molecule has 1 N–H and O–H groups in total. The van der Waals surface area contributed by atoms with E-state index in [2.05, 4.69) is 31.1 Å². The van der Waals surface area contributed by atoms with Gasteiger partial charge in [0, 0.05) is 10.7 Å². The summed E-state index contributed by atoms with van der Waals surface area (Å²) in [7, 11) is 0. The zero-order chi connectivity index (χ0) is 12.5. The van der Waals surface area contributed by atoms with Crippen molar-refractivity contribution in [1.82, 2.24) is 15.1 Å². The Labute approximate surface area is 112 Å². The molecule has 1 saturated carbocycles. The van der Waals surface area contributed by atoms with Crippen molar-refractivity contribution in [2.24, 2.45) is 0 Å². The van der Waals surface area contributed by atoms with Crippen molar-refractivity contribution in [2.75, 3.05) is 0 Å². The highest BCUT2D eigenvalue weighted by Gasteiger charge is 2.31. The highest BCUT2D eigenvalue weighted by Crippen LogP contribution is 2.34. The standard InChI is InChI=1S/C12H12BrN3O2/c13-8-4-2-6-14-10(8)11-15-12(18-16-11)7-3-1-5-9(7)17/h2,4,6-7,9,17H,1,3,5H2. The molecule has 1 aliphatic carbocycles. The van der Waals surface area contributed by atoms with Crippen LogP contribution in [-0.2, 0) is 0 Å². The molecule has 0 aromatic carbocycles. The third-order valence-electron chi connectivity index (χ3n) is 3.21. The summed E-state index contributed by atoms with van der Waals surface area (Å²) in [6.07, 6.45) is 4.00. The highest BCUT2D eigenvalue weighted by molar-refractivity contribution is 9.10. The summed E-state index contributed by atoms with van der Waals surface area (Å²) >= 11 is 3.40. The molecular formula is C12H12BrN3O2. The zero-order valence-electron chi connectivity index (χ0n) is 9.58. The molecule has 2 aromatic heterocycles. The first kappa shape index (κ1) is 11.8. The molecule has 2 aromatic rings. The Morgan fingerprint density at radius 2 is 2.28 bits per heavy atom. The molecule has 1 aliphatic rings. The molecule has 2 atom stereocenters. The average Bonchev–Trinajstić information content (AvgIpc) is 2.98. The zero-order valence-corrected chi connectivity index (χ0v) is 11.2. The van der Waals surface area contributed by atoms with Crippen LogP contribution in [0.4, 0.5) is 0 Å². The van der Waals surface area contributed by atoms with Gasteiger partial charge in [-0.05, 0) is 47.3 Å². The van der Waals surface area contributed by atoms with Crippen LogP contribution in [0.15, 0.2) is 27.3 Å². The fourth-order valence-corrected chi connectivity index (χ4v) is 2.69. The van der Waals surface area contributed by atoms with E-state index in [9.17, 15) is 5.11 Å². The van der Waals surface area contributed by atoms with Gasteiger partial charge in [0.1, 0.15) is 5.69 Å². The third kappa shape index (κ3) is 2.06. The summed E-state index contributed by atoms with van der Waals surface area (Å²) in [5, 5.41) is 13.8. The molecule has 1 fully saturated rings. The number of aliphatic hydroxyl groups is 1. The molecule has 2 unspecified atom stereocenters. The van der Waals surface area contributed by atoms with Crippen LogP contribution in [0.25, 0.3) is 11.5 Å². The Kier molecular flexibility index (Phi) is 3.13. The number of nitrogens with zero attached hydrogens (tertiary/aromatic N) is 3. The van der Waals surface area contributed by atoms with Crippen molar-refractivity contribution in [3.05, 3.63) is 28.7 Å². The second-order valence-corrected chi connectivity index (χ2v) is 5.25. The van der Waals surface area contributed by atoms with Crippen molar-refractivity contribution in [3.63, 3.8) is 0 Å². The first-order chi connectivity index (χ1) is 8.75. The van der Waals surface area contributed by atoms with Gasteiger partial charge in [-0.2, -0.15) is 4.98 Å². The molecule has 3 rings (SSSR count). The number of halogens is 1. The largest absolute Gasteiger partial charge is 0.392 e. The van der Waals surface area contributed by atoms with Crippen LogP contribution in [0.5, 0.6) is 0 Å². The predicted octanol–water partition coefficient (Wildman–Crippen LogP) is 2.52. The summed E-state index contributed by atoms with van der Waals surface area (Å²) in [4.78, 5) is 8.56. The van der Waals surface area contributed by atoms with E-state index in [1.54, 1.807) is 6.20 Å². The highest BCUT2D eigenvalue weighted by atomic mass is 79.9. The minimum absolute atomic E-state index is 0.0336. The van der Waals surface area contributed by atoms with E-state index in [4.69, 9.17) is 4.52 Å². The predicted molar refractivity (Wildman–Crippen MR) is 67.8 cm³/mol.